The zero-order chi connectivity index (χ0) is 16.1. The average Bonchev–Trinajstić information content (AvgIpc) is 2.86. The van der Waals surface area contributed by atoms with E-state index in [0.29, 0.717) is 31.5 Å². The maximum Gasteiger partial charge on any atom is 0.280 e. The Labute approximate surface area is 142 Å². The molecule has 4 rings (SSSR count). The number of nitrogens with one attached hydrogen (secondary N) is 1. The summed E-state index contributed by atoms with van der Waals surface area (Å²) < 4.78 is 16.0. The van der Waals surface area contributed by atoms with Crippen molar-refractivity contribution in [2.24, 2.45) is 0 Å². The number of rotatable bonds is 1. The highest BCUT2D eigenvalue weighted by Crippen LogP contribution is 2.26. The Hall–Kier alpha value is -2.18. The number of nitrogens with zero attached hydrogens (tertiary/aromatic N) is 2. The van der Waals surface area contributed by atoms with E-state index in [9.17, 15) is 9.18 Å². The van der Waals surface area contributed by atoms with Crippen LogP contribution in [-0.2, 0) is 0 Å². The summed E-state index contributed by atoms with van der Waals surface area (Å²) in [5.41, 5.74) is 1.14. The molecule has 0 atom stereocenters. The highest BCUT2D eigenvalue weighted by Gasteiger charge is 2.14. The first-order chi connectivity index (χ1) is 11.0. The van der Waals surface area contributed by atoms with E-state index in [4.69, 9.17) is 11.6 Å². The summed E-state index contributed by atoms with van der Waals surface area (Å²) in [7, 11) is 0. The third-order valence-electron chi connectivity index (χ3n) is 3.63. The van der Waals surface area contributed by atoms with Crippen molar-refractivity contribution in [3.63, 3.8) is 0 Å². The van der Waals surface area contributed by atoms with E-state index < -0.39 is 5.82 Å². The largest absolute Gasteiger partial charge is 0.290 e. The minimum atomic E-state index is -0.448. The fourth-order valence-electron chi connectivity index (χ4n) is 2.56. The Morgan fingerprint density at radius 1 is 1.17 bits per heavy atom. The maximum atomic E-state index is 14.0. The van der Waals surface area contributed by atoms with Gasteiger partial charge in [-0.05, 0) is 36.4 Å². The summed E-state index contributed by atoms with van der Waals surface area (Å²) in [6.07, 6.45) is 1.39. The average molecular weight is 393 g/mol. The normalized spacial score (nSPS) is 11.4. The first-order valence-electron chi connectivity index (χ1n) is 6.69. The Balaban J connectivity index is 2.09. The molecule has 0 aliphatic heterocycles. The van der Waals surface area contributed by atoms with Crippen LogP contribution in [0, 0.1) is 5.82 Å². The van der Waals surface area contributed by atoms with Gasteiger partial charge >= 0.3 is 0 Å². The number of aromatic nitrogens is 3. The number of fused-ring (bicyclic) bond motifs is 3. The number of aromatic amines is 1. The molecule has 4 nitrogen and oxygen atoms in total. The molecule has 0 fully saturated rings. The second-order valence-electron chi connectivity index (χ2n) is 5.06. The van der Waals surface area contributed by atoms with Crippen LogP contribution >= 0.6 is 27.5 Å². The molecule has 0 amide bonds. The zero-order valence-corrected chi connectivity index (χ0v) is 13.8. The molecule has 0 aliphatic carbocycles. The van der Waals surface area contributed by atoms with Crippen LogP contribution in [0.25, 0.3) is 27.5 Å². The van der Waals surface area contributed by atoms with E-state index >= 15 is 0 Å². The van der Waals surface area contributed by atoms with Crippen molar-refractivity contribution in [1.82, 2.24) is 14.8 Å². The molecular weight excluding hydrogens is 385 g/mol. The molecule has 4 aromatic rings. The van der Waals surface area contributed by atoms with Gasteiger partial charge in [0.1, 0.15) is 5.52 Å². The summed E-state index contributed by atoms with van der Waals surface area (Å²) in [5.74, 6) is -0.448. The molecule has 0 saturated heterocycles. The molecule has 0 spiro atoms. The van der Waals surface area contributed by atoms with E-state index in [-0.39, 0.29) is 11.1 Å². The third-order valence-corrected chi connectivity index (χ3v) is 4.34. The summed E-state index contributed by atoms with van der Waals surface area (Å²) >= 11 is 9.14. The standard InChI is InChI=1S/C16H8BrClFN3O/c17-8-5-11-14-12(7-20-15(11)13(19)6-8)16(23)22(21-14)10-3-1-9(18)2-4-10/h1-7,21H. The van der Waals surface area contributed by atoms with Crippen LogP contribution < -0.4 is 5.56 Å². The monoisotopic (exact) mass is 391 g/mol. The number of H-pyrrole nitrogens is 1. The minimum absolute atomic E-state index is 0.213. The van der Waals surface area contributed by atoms with Crippen molar-refractivity contribution in [3.05, 3.63) is 68.3 Å². The van der Waals surface area contributed by atoms with Gasteiger partial charge in [-0.3, -0.25) is 14.9 Å². The molecule has 2 aromatic carbocycles. The molecule has 2 heterocycles. The number of hydrogen-bond donors (Lipinski definition) is 1. The van der Waals surface area contributed by atoms with Crippen molar-refractivity contribution in [2.45, 2.75) is 0 Å². The lowest BCUT2D eigenvalue weighted by molar-refractivity contribution is 0.636. The first-order valence-corrected chi connectivity index (χ1v) is 7.86. The molecule has 23 heavy (non-hydrogen) atoms. The lowest BCUT2D eigenvalue weighted by Crippen LogP contribution is -2.13. The molecule has 1 N–H and O–H groups in total. The molecular formula is C16H8BrClFN3O. The molecule has 7 heteroatoms. The SMILES string of the molecule is O=c1c2cnc3c(F)cc(Br)cc3c2[nH]n1-c1ccc(Cl)cc1. The van der Waals surface area contributed by atoms with Gasteiger partial charge in [-0.15, -0.1) is 0 Å². The van der Waals surface area contributed by atoms with Crippen LogP contribution in [0.4, 0.5) is 4.39 Å². The maximum absolute atomic E-state index is 14.0. The predicted molar refractivity (Wildman–Crippen MR) is 91.9 cm³/mol. The molecule has 0 aliphatic rings. The van der Waals surface area contributed by atoms with Crippen LogP contribution in [0.2, 0.25) is 5.02 Å². The predicted octanol–water partition coefficient (Wildman–Crippen LogP) is 4.42. The van der Waals surface area contributed by atoms with Crippen LogP contribution in [0.1, 0.15) is 0 Å². The van der Waals surface area contributed by atoms with Crippen molar-refractivity contribution in [3.8, 4) is 5.69 Å². The van der Waals surface area contributed by atoms with Crippen LogP contribution in [0.5, 0.6) is 0 Å². The first kappa shape index (κ1) is 14.4. The van der Waals surface area contributed by atoms with Crippen LogP contribution in [0.15, 0.2) is 51.9 Å². The zero-order valence-electron chi connectivity index (χ0n) is 11.5. The lowest BCUT2D eigenvalue weighted by atomic mass is 10.1. The van der Waals surface area contributed by atoms with Crippen molar-refractivity contribution >= 4 is 49.3 Å². The van der Waals surface area contributed by atoms with E-state index in [1.807, 2.05) is 0 Å². The highest BCUT2D eigenvalue weighted by molar-refractivity contribution is 9.10. The van der Waals surface area contributed by atoms with Gasteiger partial charge in [0.25, 0.3) is 5.56 Å². The van der Waals surface area contributed by atoms with Crippen molar-refractivity contribution in [1.29, 1.82) is 0 Å². The summed E-state index contributed by atoms with van der Waals surface area (Å²) in [6, 6.07) is 9.92. The highest BCUT2D eigenvalue weighted by atomic mass is 79.9. The van der Waals surface area contributed by atoms with E-state index in [1.54, 1.807) is 30.3 Å². The third kappa shape index (κ3) is 2.26. The summed E-state index contributed by atoms with van der Waals surface area (Å²) in [6.45, 7) is 0. The molecule has 0 radical (unpaired) electrons. The summed E-state index contributed by atoms with van der Waals surface area (Å²) in [5, 5.41) is 4.54. The number of hydrogen-bond acceptors (Lipinski definition) is 2. The van der Waals surface area contributed by atoms with Crippen LogP contribution in [-0.4, -0.2) is 14.8 Å². The van der Waals surface area contributed by atoms with E-state index in [0.717, 1.165) is 0 Å². The fraction of sp³-hybridized carbons (Fsp3) is 0. The van der Waals surface area contributed by atoms with E-state index in [1.165, 1.54) is 16.9 Å². The lowest BCUT2D eigenvalue weighted by Gasteiger charge is -2.02. The molecule has 114 valence electrons. The molecule has 0 unspecified atom stereocenters. The fourth-order valence-corrected chi connectivity index (χ4v) is 3.12. The van der Waals surface area contributed by atoms with Gasteiger partial charge in [-0.1, -0.05) is 27.5 Å². The smallest absolute Gasteiger partial charge is 0.280 e. The van der Waals surface area contributed by atoms with Gasteiger partial charge in [-0.2, -0.15) is 0 Å². The van der Waals surface area contributed by atoms with Gasteiger partial charge in [0.15, 0.2) is 5.82 Å². The van der Waals surface area contributed by atoms with Crippen LogP contribution in [0.3, 0.4) is 0 Å². The van der Waals surface area contributed by atoms with Gasteiger partial charge in [0.2, 0.25) is 0 Å². The minimum Gasteiger partial charge on any atom is -0.290 e. The second-order valence-corrected chi connectivity index (χ2v) is 6.41. The van der Waals surface area contributed by atoms with E-state index in [2.05, 4.69) is 26.0 Å². The Kier molecular flexibility index (Phi) is 3.25. The second kappa shape index (κ2) is 5.18. The Morgan fingerprint density at radius 2 is 1.91 bits per heavy atom. The molecule has 0 saturated carbocycles. The summed E-state index contributed by atoms with van der Waals surface area (Å²) in [4.78, 5) is 16.7. The Bertz CT molecular complexity index is 1120. The Morgan fingerprint density at radius 3 is 2.65 bits per heavy atom. The topological polar surface area (TPSA) is 50.7 Å². The van der Waals surface area contributed by atoms with Gasteiger partial charge in [0, 0.05) is 21.1 Å². The van der Waals surface area contributed by atoms with Crippen molar-refractivity contribution < 1.29 is 4.39 Å². The van der Waals surface area contributed by atoms with Crippen molar-refractivity contribution in [2.75, 3.05) is 0 Å². The number of pyridine rings is 1. The number of halogens is 3. The van der Waals surface area contributed by atoms with Gasteiger partial charge in [-0.25, -0.2) is 9.07 Å². The number of benzene rings is 2. The quantitative estimate of drug-likeness (QED) is 0.521. The molecule has 2 aromatic heterocycles. The van der Waals surface area contributed by atoms with Gasteiger partial charge < -0.3 is 0 Å². The van der Waals surface area contributed by atoms with Gasteiger partial charge in [0.05, 0.1) is 16.6 Å². The molecule has 0 bridgehead atoms.